The van der Waals surface area contributed by atoms with Gasteiger partial charge in [0.05, 0.1) is 16.1 Å². The van der Waals surface area contributed by atoms with Gasteiger partial charge in [-0.25, -0.2) is 10.8 Å². The average Bonchev–Trinajstić information content (AvgIpc) is 3.03. The molecule has 27 heavy (non-hydrogen) atoms. The van der Waals surface area contributed by atoms with Crippen molar-refractivity contribution in [2.24, 2.45) is 11.8 Å². The molecule has 0 bridgehead atoms. The number of rotatable bonds is 7. The highest BCUT2D eigenvalue weighted by atomic mass is 32.1. The predicted octanol–water partition coefficient (Wildman–Crippen LogP) is 4.12. The first-order valence-corrected chi connectivity index (χ1v) is 9.62. The Balaban J connectivity index is 1.86. The highest BCUT2D eigenvalue weighted by Gasteiger charge is 2.16. The number of allylic oxidation sites excluding steroid dienone is 1. The van der Waals surface area contributed by atoms with Crippen molar-refractivity contribution in [2.45, 2.75) is 20.1 Å². The summed E-state index contributed by atoms with van der Waals surface area (Å²) in [6.45, 7) is 4.08. The summed E-state index contributed by atoms with van der Waals surface area (Å²) >= 11 is 1.57. The number of hydrogen-bond acceptors (Lipinski definition) is 7. The van der Waals surface area contributed by atoms with E-state index in [4.69, 9.17) is 10.8 Å². The van der Waals surface area contributed by atoms with E-state index in [0.29, 0.717) is 5.70 Å². The Morgan fingerprint density at radius 1 is 1.19 bits per heavy atom. The fourth-order valence-electron chi connectivity index (χ4n) is 2.73. The van der Waals surface area contributed by atoms with Crippen molar-refractivity contribution in [1.29, 1.82) is 0 Å². The molecule has 7 heteroatoms. The number of anilines is 3. The fourth-order valence-corrected chi connectivity index (χ4v) is 3.64. The molecule has 0 aliphatic heterocycles. The van der Waals surface area contributed by atoms with Gasteiger partial charge in [0.1, 0.15) is 5.52 Å². The number of nitrogens with zero attached hydrogens (tertiary/aromatic N) is 2. The minimum atomic E-state index is -0.930. The molecule has 1 aromatic heterocycles. The van der Waals surface area contributed by atoms with Crippen LogP contribution in [0.15, 0.2) is 60.3 Å². The van der Waals surface area contributed by atoms with Crippen molar-refractivity contribution in [3.63, 3.8) is 0 Å². The van der Waals surface area contributed by atoms with Gasteiger partial charge < -0.3 is 20.7 Å². The molecule has 0 amide bonds. The summed E-state index contributed by atoms with van der Waals surface area (Å²) in [5.41, 5.74) is 3.16. The Labute approximate surface area is 163 Å². The second-order valence-electron chi connectivity index (χ2n) is 6.66. The van der Waals surface area contributed by atoms with Gasteiger partial charge in [-0.15, -0.1) is 0 Å². The lowest BCUT2D eigenvalue weighted by Crippen LogP contribution is -2.36. The van der Waals surface area contributed by atoms with E-state index in [1.54, 1.807) is 18.4 Å². The number of benzene rings is 2. The zero-order valence-electron chi connectivity index (χ0n) is 15.7. The number of aliphatic hydroxyl groups excluding tert-OH is 1. The minimum Gasteiger partial charge on any atom is -0.368 e. The number of aliphatic hydroxyl groups is 1. The van der Waals surface area contributed by atoms with Crippen LogP contribution in [0.5, 0.6) is 0 Å². The van der Waals surface area contributed by atoms with Crippen LogP contribution in [0.2, 0.25) is 0 Å². The van der Waals surface area contributed by atoms with E-state index in [9.17, 15) is 5.11 Å². The quantitative estimate of drug-likeness (QED) is 0.279. The van der Waals surface area contributed by atoms with Gasteiger partial charge in [-0.2, -0.15) is 0 Å². The maximum atomic E-state index is 10.6. The molecule has 0 aliphatic rings. The molecule has 5 N–H and O–H groups in total. The highest BCUT2D eigenvalue weighted by Crippen LogP contribution is 2.33. The van der Waals surface area contributed by atoms with E-state index in [1.807, 2.05) is 68.5 Å². The van der Waals surface area contributed by atoms with Gasteiger partial charge in [0.2, 0.25) is 0 Å². The lowest BCUT2D eigenvalue weighted by atomic mass is 10.1. The first-order chi connectivity index (χ1) is 12.9. The molecule has 0 saturated carbocycles. The molecule has 3 rings (SSSR count). The number of hydrazine groups is 1. The first kappa shape index (κ1) is 19.2. The maximum Gasteiger partial charge on any atom is 0.188 e. The second kappa shape index (κ2) is 8.39. The van der Waals surface area contributed by atoms with E-state index < -0.39 is 6.23 Å². The lowest BCUT2D eigenvalue weighted by Gasteiger charge is -2.24. The molecule has 0 fully saturated rings. The van der Waals surface area contributed by atoms with E-state index in [2.05, 4.69) is 10.6 Å². The van der Waals surface area contributed by atoms with Crippen molar-refractivity contribution < 1.29 is 5.11 Å². The fraction of sp³-hybridized carbons (Fsp3) is 0.250. The van der Waals surface area contributed by atoms with Crippen molar-refractivity contribution >= 4 is 38.1 Å². The Kier molecular flexibility index (Phi) is 5.95. The van der Waals surface area contributed by atoms with Gasteiger partial charge in [0.25, 0.3) is 0 Å². The summed E-state index contributed by atoms with van der Waals surface area (Å²) in [4.78, 5) is 4.70. The number of nitrogens with one attached hydrogen (secondary N) is 2. The van der Waals surface area contributed by atoms with Crippen LogP contribution in [0.3, 0.4) is 0 Å². The Morgan fingerprint density at radius 3 is 2.59 bits per heavy atom. The van der Waals surface area contributed by atoms with Gasteiger partial charge in [-0.1, -0.05) is 55.5 Å². The van der Waals surface area contributed by atoms with E-state index in [-0.39, 0.29) is 5.92 Å². The number of likely N-dealkylation sites (N-methyl/N-ethyl adjacent to an activating group) is 1. The largest absolute Gasteiger partial charge is 0.368 e. The number of aromatic nitrogens is 1. The number of para-hydroxylation sites is 2. The zero-order valence-corrected chi connectivity index (χ0v) is 16.5. The summed E-state index contributed by atoms with van der Waals surface area (Å²) in [6.07, 6.45) is 1.00. The molecule has 3 aromatic rings. The van der Waals surface area contributed by atoms with Crippen LogP contribution >= 0.6 is 11.3 Å². The Morgan fingerprint density at radius 2 is 1.93 bits per heavy atom. The van der Waals surface area contributed by atoms with Crippen LogP contribution in [0.1, 0.15) is 13.8 Å². The van der Waals surface area contributed by atoms with Crippen LogP contribution < -0.4 is 16.5 Å². The lowest BCUT2D eigenvalue weighted by molar-refractivity contribution is 0.196. The van der Waals surface area contributed by atoms with Crippen LogP contribution in [-0.2, 0) is 0 Å². The molecule has 6 nitrogen and oxygen atoms in total. The zero-order chi connectivity index (χ0) is 19.4. The normalized spacial score (nSPS) is 13.0. The molecule has 1 heterocycles. The molecule has 0 saturated heterocycles. The summed E-state index contributed by atoms with van der Waals surface area (Å²) in [5.74, 6) is 6.15. The molecule has 0 radical (unpaired) electrons. The van der Waals surface area contributed by atoms with E-state index in [0.717, 1.165) is 26.7 Å². The molecule has 1 unspecified atom stereocenters. The SMILES string of the molecule is CC(C)/C=C(/C(O)Nc1cccc2sc(Nc3ccccc3)nc12)N(C)N. The van der Waals surface area contributed by atoms with Gasteiger partial charge >= 0.3 is 0 Å². The highest BCUT2D eigenvalue weighted by molar-refractivity contribution is 7.22. The summed E-state index contributed by atoms with van der Waals surface area (Å²) in [5, 5.41) is 19.3. The molecule has 1 atom stereocenters. The van der Waals surface area contributed by atoms with E-state index in [1.165, 1.54) is 5.01 Å². The topological polar surface area (TPSA) is 86.4 Å². The molecule has 0 spiro atoms. The van der Waals surface area contributed by atoms with Crippen LogP contribution in [0.25, 0.3) is 10.2 Å². The van der Waals surface area contributed by atoms with Gasteiger partial charge in [0.15, 0.2) is 11.4 Å². The van der Waals surface area contributed by atoms with E-state index >= 15 is 0 Å². The predicted molar refractivity (Wildman–Crippen MR) is 114 cm³/mol. The molecule has 2 aromatic carbocycles. The number of thiazole rings is 1. The van der Waals surface area contributed by atoms with Crippen LogP contribution in [0, 0.1) is 5.92 Å². The van der Waals surface area contributed by atoms with Gasteiger partial charge in [-0.05, 0) is 30.2 Å². The smallest absolute Gasteiger partial charge is 0.188 e. The average molecular weight is 384 g/mol. The third-order valence-electron chi connectivity index (χ3n) is 3.93. The minimum absolute atomic E-state index is 0.263. The third-order valence-corrected chi connectivity index (χ3v) is 4.86. The second-order valence-corrected chi connectivity index (χ2v) is 7.69. The Bertz CT molecular complexity index is 921. The van der Waals surface area contributed by atoms with Crippen LogP contribution in [0.4, 0.5) is 16.5 Å². The Hall–Kier alpha value is -2.61. The van der Waals surface area contributed by atoms with Crippen LogP contribution in [-0.4, -0.2) is 28.4 Å². The molecular weight excluding hydrogens is 358 g/mol. The monoisotopic (exact) mass is 383 g/mol. The van der Waals surface area contributed by atoms with Crippen molar-refractivity contribution in [2.75, 3.05) is 17.7 Å². The number of nitrogens with two attached hydrogens (primary N) is 1. The molecule has 142 valence electrons. The maximum absolute atomic E-state index is 10.6. The molecule has 0 aliphatic carbocycles. The number of fused-ring (bicyclic) bond motifs is 1. The number of hydrogen-bond donors (Lipinski definition) is 4. The summed E-state index contributed by atoms with van der Waals surface area (Å²) in [6, 6.07) is 15.8. The van der Waals surface area contributed by atoms with Gasteiger partial charge in [-0.3, -0.25) is 0 Å². The van der Waals surface area contributed by atoms with Gasteiger partial charge in [0, 0.05) is 12.7 Å². The first-order valence-electron chi connectivity index (χ1n) is 8.80. The van der Waals surface area contributed by atoms with Crippen molar-refractivity contribution in [1.82, 2.24) is 9.99 Å². The standard InChI is InChI=1S/C20H25N5OS/c1-13(2)12-16(25(3)21)19(26)23-15-10-7-11-17-18(15)24-20(27-17)22-14-8-5-4-6-9-14/h4-13,19,23,26H,21H2,1-3H3,(H,22,24)/b16-12-. The van der Waals surface area contributed by atoms with Crippen molar-refractivity contribution in [3.8, 4) is 0 Å². The third kappa shape index (κ3) is 4.77. The molecular formula is C20H25N5OS. The summed E-state index contributed by atoms with van der Waals surface area (Å²) in [7, 11) is 1.71. The summed E-state index contributed by atoms with van der Waals surface area (Å²) < 4.78 is 1.03. The van der Waals surface area contributed by atoms with Crippen molar-refractivity contribution in [3.05, 3.63) is 60.3 Å².